The van der Waals surface area contributed by atoms with Gasteiger partial charge in [0, 0.05) is 25.1 Å². The summed E-state index contributed by atoms with van der Waals surface area (Å²) in [6, 6.07) is 9.60. The molecule has 19 heavy (non-hydrogen) atoms. The number of rotatable bonds is 5. The molecule has 0 aliphatic heterocycles. The lowest BCUT2D eigenvalue weighted by Gasteiger charge is -2.20. The molecule has 0 N–H and O–H groups in total. The number of amides is 1. The monoisotopic (exact) mass is 261 g/mol. The van der Waals surface area contributed by atoms with Crippen molar-refractivity contribution in [3.05, 3.63) is 54.2 Å². The van der Waals surface area contributed by atoms with E-state index < -0.39 is 0 Å². The van der Waals surface area contributed by atoms with Crippen LogP contribution in [0.4, 0.5) is 10.1 Å². The van der Waals surface area contributed by atoms with Crippen LogP contribution in [-0.4, -0.2) is 12.5 Å². The molecule has 0 atom stereocenters. The SMILES string of the molecule is CCN(C(=O)CCc1ccco1)c1ccc(F)cc1. The number of halogens is 1. The third-order valence-electron chi connectivity index (χ3n) is 2.92. The van der Waals surface area contributed by atoms with Gasteiger partial charge in [0.15, 0.2) is 0 Å². The van der Waals surface area contributed by atoms with Crippen molar-refractivity contribution >= 4 is 11.6 Å². The number of carbonyl (C=O) groups is 1. The molecule has 1 aromatic carbocycles. The van der Waals surface area contributed by atoms with Gasteiger partial charge in [-0.25, -0.2) is 4.39 Å². The van der Waals surface area contributed by atoms with Crippen molar-refractivity contribution in [1.82, 2.24) is 0 Å². The van der Waals surface area contributed by atoms with Crippen LogP contribution in [-0.2, 0) is 11.2 Å². The normalized spacial score (nSPS) is 10.4. The third-order valence-corrected chi connectivity index (χ3v) is 2.92. The summed E-state index contributed by atoms with van der Waals surface area (Å²) in [6.45, 7) is 2.46. The highest BCUT2D eigenvalue weighted by atomic mass is 19.1. The minimum absolute atomic E-state index is 0.00510. The Labute approximate surface area is 111 Å². The van der Waals surface area contributed by atoms with Crippen molar-refractivity contribution in [3.63, 3.8) is 0 Å². The molecule has 1 amide bonds. The zero-order valence-corrected chi connectivity index (χ0v) is 10.8. The van der Waals surface area contributed by atoms with Crippen LogP contribution in [0, 0.1) is 5.82 Å². The van der Waals surface area contributed by atoms with E-state index in [1.54, 1.807) is 29.4 Å². The highest BCUT2D eigenvalue weighted by molar-refractivity contribution is 5.93. The van der Waals surface area contributed by atoms with Gasteiger partial charge in [-0.3, -0.25) is 4.79 Å². The molecule has 3 nitrogen and oxygen atoms in total. The van der Waals surface area contributed by atoms with Crippen molar-refractivity contribution in [3.8, 4) is 0 Å². The first-order chi connectivity index (χ1) is 9.20. The molecular weight excluding hydrogens is 245 g/mol. The molecule has 1 heterocycles. The molecule has 0 aliphatic rings. The number of carbonyl (C=O) groups excluding carboxylic acids is 1. The van der Waals surface area contributed by atoms with Gasteiger partial charge in [-0.2, -0.15) is 0 Å². The summed E-state index contributed by atoms with van der Waals surface area (Å²) >= 11 is 0. The number of hydrogen-bond donors (Lipinski definition) is 0. The number of benzene rings is 1. The standard InChI is InChI=1S/C15H16FNO2/c1-2-17(13-7-5-12(16)6-8-13)15(18)10-9-14-4-3-11-19-14/h3-8,11H,2,9-10H2,1H3. The predicted octanol–water partition coefficient (Wildman–Crippen LogP) is 3.40. The van der Waals surface area contributed by atoms with Crippen molar-refractivity contribution in [2.75, 3.05) is 11.4 Å². The highest BCUT2D eigenvalue weighted by Gasteiger charge is 2.14. The van der Waals surface area contributed by atoms with Gasteiger partial charge in [-0.15, -0.1) is 0 Å². The Morgan fingerprint density at radius 3 is 2.58 bits per heavy atom. The largest absolute Gasteiger partial charge is 0.469 e. The molecule has 0 saturated heterocycles. The van der Waals surface area contributed by atoms with Gasteiger partial charge >= 0.3 is 0 Å². The molecule has 100 valence electrons. The molecule has 0 bridgehead atoms. The van der Waals surface area contributed by atoms with Crippen molar-refractivity contribution < 1.29 is 13.6 Å². The molecule has 4 heteroatoms. The molecular formula is C15H16FNO2. The van der Waals surface area contributed by atoms with E-state index in [2.05, 4.69) is 0 Å². The Hall–Kier alpha value is -2.10. The summed E-state index contributed by atoms with van der Waals surface area (Å²) < 4.78 is 18.1. The molecule has 0 fully saturated rings. The Kier molecular flexibility index (Phi) is 4.34. The Morgan fingerprint density at radius 2 is 2.00 bits per heavy atom. The molecule has 0 aliphatic carbocycles. The Bertz CT molecular complexity index is 520. The average Bonchev–Trinajstić information content (AvgIpc) is 2.92. The number of anilines is 1. The fourth-order valence-corrected chi connectivity index (χ4v) is 1.94. The fraction of sp³-hybridized carbons (Fsp3) is 0.267. The predicted molar refractivity (Wildman–Crippen MR) is 71.5 cm³/mol. The maximum absolute atomic E-state index is 12.9. The van der Waals surface area contributed by atoms with Crippen molar-refractivity contribution in [2.45, 2.75) is 19.8 Å². The first-order valence-electron chi connectivity index (χ1n) is 6.29. The molecule has 0 spiro atoms. The Balaban J connectivity index is 2.00. The maximum Gasteiger partial charge on any atom is 0.227 e. The second-order valence-corrected chi connectivity index (χ2v) is 4.19. The first kappa shape index (κ1) is 13.3. The average molecular weight is 261 g/mol. The Morgan fingerprint density at radius 1 is 1.26 bits per heavy atom. The fourth-order valence-electron chi connectivity index (χ4n) is 1.94. The molecule has 0 unspecified atom stereocenters. The molecule has 0 saturated carbocycles. The number of furan rings is 1. The van der Waals surface area contributed by atoms with E-state index >= 15 is 0 Å². The van der Waals surface area contributed by atoms with Crippen LogP contribution in [0.2, 0.25) is 0 Å². The summed E-state index contributed by atoms with van der Waals surface area (Å²) in [6.07, 6.45) is 2.54. The van der Waals surface area contributed by atoms with Gasteiger partial charge in [0.25, 0.3) is 0 Å². The second-order valence-electron chi connectivity index (χ2n) is 4.19. The van der Waals surface area contributed by atoms with E-state index in [0.29, 0.717) is 25.1 Å². The van der Waals surface area contributed by atoms with Gasteiger partial charge in [0.2, 0.25) is 5.91 Å². The van der Waals surface area contributed by atoms with Gasteiger partial charge in [-0.05, 0) is 43.3 Å². The van der Waals surface area contributed by atoms with Crippen LogP contribution in [0.5, 0.6) is 0 Å². The van der Waals surface area contributed by atoms with Crippen molar-refractivity contribution in [2.24, 2.45) is 0 Å². The number of nitrogens with zero attached hydrogens (tertiary/aromatic N) is 1. The minimum atomic E-state index is -0.303. The minimum Gasteiger partial charge on any atom is -0.469 e. The quantitative estimate of drug-likeness (QED) is 0.826. The van der Waals surface area contributed by atoms with Crippen molar-refractivity contribution in [1.29, 1.82) is 0 Å². The zero-order valence-electron chi connectivity index (χ0n) is 10.8. The number of hydrogen-bond acceptors (Lipinski definition) is 2. The lowest BCUT2D eigenvalue weighted by molar-refractivity contribution is -0.118. The molecule has 2 rings (SSSR count). The van der Waals surface area contributed by atoms with Crippen LogP contribution in [0.25, 0.3) is 0 Å². The van der Waals surface area contributed by atoms with Crippen LogP contribution in [0.1, 0.15) is 19.1 Å². The summed E-state index contributed by atoms with van der Waals surface area (Å²) in [7, 11) is 0. The van der Waals surface area contributed by atoms with Crippen LogP contribution >= 0.6 is 0 Å². The number of aryl methyl sites for hydroxylation is 1. The summed E-state index contributed by atoms with van der Waals surface area (Å²) in [5.41, 5.74) is 0.716. The van der Waals surface area contributed by atoms with Crippen LogP contribution in [0.15, 0.2) is 47.1 Å². The summed E-state index contributed by atoms with van der Waals surface area (Å²) in [5, 5.41) is 0. The van der Waals surface area contributed by atoms with Crippen LogP contribution in [0.3, 0.4) is 0 Å². The van der Waals surface area contributed by atoms with Crippen LogP contribution < -0.4 is 4.90 Å². The molecule has 2 aromatic rings. The van der Waals surface area contributed by atoms with Gasteiger partial charge < -0.3 is 9.32 Å². The highest BCUT2D eigenvalue weighted by Crippen LogP contribution is 2.16. The zero-order chi connectivity index (χ0) is 13.7. The van der Waals surface area contributed by atoms with Gasteiger partial charge in [0.1, 0.15) is 11.6 Å². The van der Waals surface area contributed by atoms with E-state index in [9.17, 15) is 9.18 Å². The smallest absolute Gasteiger partial charge is 0.227 e. The van der Waals surface area contributed by atoms with E-state index in [4.69, 9.17) is 4.42 Å². The topological polar surface area (TPSA) is 33.5 Å². The third kappa shape index (κ3) is 3.44. The van der Waals surface area contributed by atoms with E-state index in [1.165, 1.54) is 12.1 Å². The first-order valence-corrected chi connectivity index (χ1v) is 6.29. The molecule has 1 aromatic heterocycles. The van der Waals surface area contributed by atoms with E-state index in [0.717, 1.165) is 5.76 Å². The lowest BCUT2D eigenvalue weighted by atomic mass is 10.2. The summed E-state index contributed by atoms with van der Waals surface area (Å²) in [5.74, 6) is 0.497. The second kappa shape index (κ2) is 6.18. The summed E-state index contributed by atoms with van der Waals surface area (Å²) in [4.78, 5) is 13.8. The van der Waals surface area contributed by atoms with E-state index in [1.807, 2.05) is 13.0 Å². The van der Waals surface area contributed by atoms with Gasteiger partial charge in [-0.1, -0.05) is 0 Å². The van der Waals surface area contributed by atoms with Gasteiger partial charge in [0.05, 0.1) is 6.26 Å². The van der Waals surface area contributed by atoms with E-state index in [-0.39, 0.29) is 11.7 Å². The molecule has 0 radical (unpaired) electrons. The maximum atomic E-state index is 12.9. The lowest BCUT2D eigenvalue weighted by Crippen LogP contribution is -2.30.